The summed E-state index contributed by atoms with van der Waals surface area (Å²) in [6, 6.07) is 17.1. The van der Waals surface area contributed by atoms with Gasteiger partial charge in [0.15, 0.2) is 11.6 Å². The minimum Gasteiger partial charge on any atom is -0.261 e. The van der Waals surface area contributed by atoms with Crippen LogP contribution in [0, 0.1) is 0 Å². The van der Waals surface area contributed by atoms with Crippen molar-refractivity contribution in [2.24, 2.45) is 0 Å². The van der Waals surface area contributed by atoms with E-state index >= 15 is 0 Å². The number of tetrazole rings is 1. The van der Waals surface area contributed by atoms with E-state index in [0.717, 1.165) is 11.3 Å². The Hall–Kier alpha value is -4.04. The number of halogens is 1. The number of rotatable bonds is 4. The molecule has 0 unspecified atom stereocenters. The van der Waals surface area contributed by atoms with Gasteiger partial charge in [-0.25, -0.2) is 15.0 Å². The summed E-state index contributed by atoms with van der Waals surface area (Å²) in [6.07, 6.45) is 6.51. The van der Waals surface area contributed by atoms with E-state index in [1.807, 2.05) is 54.6 Å². The lowest BCUT2D eigenvalue weighted by Gasteiger charge is -2.11. The van der Waals surface area contributed by atoms with Crippen molar-refractivity contribution in [3.05, 3.63) is 84.4 Å². The van der Waals surface area contributed by atoms with Gasteiger partial charge in [-0.05, 0) is 34.7 Å². The molecule has 0 saturated heterocycles. The Kier molecular flexibility index (Phi) is 4.66. The summed E-state index contributed by atoms with van der Waals surface area (Å²) < 4.78 is 1.65. The summed E-state index contributed by atoms with van der Waals surface area (Å²) in [5, 5.41) is 12.8. The molecule has 2 aromatic carbocycles. The molecule has 3 aromatic heterocycles. The molecular weight excluding hydrogens is 400 g/mol. The van der Waals surface area contributed by atoms with Crippen molar-refractivity contribution in [3.8, 4) is 39.9 Å². The maximum Gasteiger partial charge on any atom is 0.190 e. The first kappa shape index (κ1) is 18.0. The van der Waals surface area contributed by atoms with Gasteiger partial charge in [-0.15, -0.1) is 5.10 Å². The van der Waals surface area contributed by atoms with Crippen LogP contribution in [0.15, 0.2) is 79.4 Å². The molecule has 144 valence electrons. The molecule has 0 amide bonds. The van der Waals surface area contributed by atoms with Crippen LogP contribution in [0.4, 0.5) is 0 Å². The van der Waals surface area contributed by atoms with Gasteiger partial charge in [0.2, 0.25) is 0 Å². The third-order valence-corrected chi connectivity index (χ3v) is 4.63. The average molecular weight is 413 g/mol. The van der Waals surface area contributed by atoms with E-state index in [1.54, 1.807) is 29.5 Å². The highest BCUT2D eigenvalue weighted by Crippen LogP contribution is 2.32. The molecule has 0 fully saturated rings. The lowest BCUT2D eigenvalue weighted by Crippen LogP contribution is -2.03. The van der Waals surface area contributed by atoms with Crippen LogP contribution in [-0.2, 0) is 0 Å². The van der Waals surface area contributed by atoms with Crippen molar-refractivity contribution in [2.45, 2.75) is 0 Å². The molecular formula is C21H13ClN8. The molecule has 0 aliphatic rings. The molecule has 0 aliphatic carbocycles. The highest BCUT2D eigenvalue weighted by Gasteiger charge is 2.19. The summed E-state index contributed by atoms with van der Waals surface area (Å²) in [6.45, 7) is 0. The standard InChI is InChI=1S/C21H13ClN8/c22-15-6-4-5-14(11-15)19-17(12-25-20(26-19)18-13-23-9-10-24-18)21-27-28-29-30(21)16-7-2-1-3-8-16/h1-13H. The number of benzene rings is 2. The number of hydrogen-bond donors (Lipinski definition) is 0. The largest absolute Gasteiger partial charge is 0.261 e. The minimum atomic E-state index is 0.445. The molecule has 9 heteroatoms. The van der Waals surface area contributed by atoms with Crippen molar-refractivity contribution < 1.29 is 0 Å². The highest BCUT2D eigenvalue weighted by atomic mass is 35.5. The molecule has 30 heavy (non-hydrogen) atoms. The molecule has 0 spiro atoms. The molecule has 0 aliphatic heterocycles. The summed E-state index contributed by atoms with van der Waals surface area (Å²) in [5.41, 5.74) is 3.51. The summed E-state index contributed by atoms with van der Waals surface area (Å²) >= 11 is 6.24. The van der Waals surface area contributed by atoms with Gasteiger partial charge in [-0.3, -0.25) is 4.98 Å². The third-order valence-electron chi connectivity index (χ3n) is 4.39. The van der Waals surface area contributed by atoms with Gasteiger partial charge in [0.05, 0.1) is 23.1 Å². The van der Waals surface area contributed by atoms with E-state index in [4.69, 9.17) is 16.6 Å². The minimum absolute atomic E-state index is 0.445. The highest BCUT2D eigenvalue weighted by molar-refractivity contribution is 6.30. The zero-order valence-corrected chi connectivity index (χ0v) is 16.2. The maximum absolute atomic E-state index is 6.24. The van der Waals surface area contributed by atoms with Crippen molar-refractivity contribution in [3.63, 3.8) is 0 Å². The fraction of sp³-hybridized carbons (Fsp3) is 0. The first-order chi connectivity index (χ1) is 14.8. The SMILES string of the molecule is Clc1cccc(-c2nc(-c3cnccn3)ncc2-c2nnnn2-c2ccccc2)c1. The second-order valence-corrected chi connectivity index (χ2v) is 6.74. The van der Waals surface area contributed by atoms with E-state index in [1.165, 1.54) is 0 Å². The van der Waals surface area contributed by atoms with Crippen LogP contribution < -0.4 is 0 Å². The normalized spacial score (nSPS) is 10.8. The average Bonchev–Trinajstić information content (AvgIpc) is 3.30. The topological polar surface area (TPSA) is 95.2 Å². The predicted molar refractivity (Wildman–Crippen MR) is 112 cm³/mol. The van der Waals surface area contributed by atoms with Crippen LogP contribution in [0.3, 0.4) is 0 Å². The smallest absolute Gasteiger partial charge is 0.190 e. The molecule has 8 nitrogen and oxygen atoms in total. The van der Waals surface area contributed by atoms with E-state index in [2.05, 4.69) is 30.5 Å². The van der Waals surface area contributed by atoms with Crippen molar-refractivity contribution in [2.75, 3.05) is 0 Å². The van der Waals surface area contributed by atoms with Crippen LogP contribution in [0.2, 0.25) is 5.02 Å². The Morgan fingerprint density at radius 2 is 1.77 bits per heavy atom. The van der Waals surface area contributed by atoms with Crippen LogP contribution in [0.25, 0.3) is 39.9 Å². The van der Waals surface area contributed by atoms with Gasteiger partial charge in [-0.1, -0.05) is 41.9 Å². The zero-order valence-electron chi connectivity index (χ0n) is 15.5. The Balaban J connectivity index is 1.73. The van der Waals surface area contributed by atoms with E-state index in [0.29, 0.717) is 33.6 Å². The van der Waals surface area contributed by atoms with Gasteiger partial charge in [0.1, 0.15) is 5.69 Å². The van der Waals surface area contributed by atoms with Gasteiger partial charge >= 0.3 is 0 Å². The van der Waals surface area contributed by atoms with E-state index < -0.39 is 0 Å². The van der Waals surface area contributed by atoms with Crippen LogP contribution >= 0.6 is 11.6 Å². The van der Waals surface area contributed by atoms with Crippen LogP contribution in [0.1, 0.15) is 0 Å². The van der Waals surface area contributed by atoms with Crippen molar-refractivity contribution in [1.29, 1.82) is 0 Å². The number of nitrogens with zero attached hydrogens (tertiary/aromatic N) is 8. The molecule has 0 saturated carbocycles. The van der Waals surface area contributed by atoms with E-state index in [-0.39, 0.29) is 0 Å². The van der Waals surface area contributed by atoms with Crippen molar-refractivity contribution in [1.82, 2.24) is 40.1 Å². The van der Waals surface area contributed by atoms with Gasteiger partial charge in [-0.2, -0.15) is 4.68 Å². The Morgan fingerprint density at radius 3 is 2.57 bits per heavy atom. The number of aromatic nitrogens is 8. The Bertz CT molecular complexity index is 1310. The summed E-state index contributed by atoms with van der Waals surface area (Å²) in [5.74, 6) is 0.961. The monoisotopic (exact) mass is 412 g/mol. The maximum atomic E-state index is 6.24. The summed E-state index contributed by atoms with van der Waals surface area (Å²) in [4.78, 5) is 17.7. The fourth-order valence-electron chi connectivity index (χ4n) is 3.04. The summed E-state index contributed by atoms with van der Waals surface area (Å²) in [7, 11) is 0. The first-order valence-electron chi connectivity index (χ1n) is 9.03. The quantitative estimate of drug-likeness (QED) is 0.441. The van der Waals surface area contributed by atoms with Gasteiger partial charge in [0.25, 0.3) is 0 Å². The van der Waals surface area contributed by atoms with Crippen LogP contribution in [-0.4, -0.2) is 40.1 Å². The second kappa shape index (κ2) is 7.76. The second-order valence-electron chi connectivity index (χ2n) is 6.31. The van der Waals surface area contributed by atoms with Crippen LogP contribution in [0.5, 0.6) is 0 Å². The number of para-hydroxylation sites is 1. The molecule has 3 heterocycles. The molecule has 0 bridgehead atoms. The molecule has 0 atom stereocenters. The molecule has 0 radical (unpaired) electrons. The van der Waals surface area contributed by atoms with E-state index in [9.17, 15) is 0 Å². The molecule has 5 rings (SSSR count). The van der Waals surface area contributed by atoms with Crippen molar-refractivity contribution >= 4 is 11.6 Å². The van der Waals surface area contributed by atoms with Gasteiger partial charge in [0, 0.05) is 29.2 Å². The molecule has 5 aromatic rings. The third kappa shape index (κ3) is 3.40. The zero-order chi connectivity index (χ0) is 20.3. The first-order valence-corrected chi connectivity index (χ1v) is 9.41. The fourth-order valence-corrected chi connectivity index (χ4v) is 3.23. The number of hydrogen-bond acceptors (Lipinski definition) is 7. The molecule has 0 N–H and O–H groups in total. The lowest BCUT2D eigenvalue weighted by molar-refractivity contribution is 0.791. The Labute approximate surface area is 176 Å². The predicted octanol–water partition coefficient (Wildman–Crippen LogP) is 3.90. The Morgan fingerprint density at radius 1 is 0.867 bits per heavy atom. The van der Waals surface area contributed by atoms with Gasteiger partial charge < -0.3 is 0 Å². The lowest BCUT2D eigenvalue weighted by atomic mass is 10.1.